The summed E-state index contributed by atoms with van der Waals surface area (Å²) in [7, 11) is 1.71. The second kappa shape index (κ2) is 7.73. The van der Waals surface area contributed by atoms with Crippen LogP contribution in [0, 0.1) is 0 Å². The van der Waals surface area contributed by atoms with Crippen LogP contribution in [-0.4, -0.2) is 34.8 Å². The van der Waals surface area contributed by atoms with E-state index >= 15 is 0 Å². The van der Waals surface area contributed by atoms with Crippen LogP contribution in [0.4, 0.5) is 0 Å². The van der Waals surface area contributed by atoms with Gasteiger partial charge in [-0.1, -0.05) is 25.6 Å². The number of benzene rings is 2. The predicted molar refractivity (Wildman–Crippen MR) is 116 cm³/mol. The highest BCUT2D eigenvalue weighted by Gasteiger charge is 2.35. The van der Waals surface area contributed by atoms with E-state index in [1.807, 2.05) is 13.0 Å². The molecule has 2 aliphatic heterocycles. The van der Waals surface area contributed by atoms with Crippen molar-refractivity contribution >= 4 is 10.9 Å². The van der Waals surface area contributed by atoms with Crippen molar-refractivity contribution in [3.63, 3.8) is 0 Å². The SMILES string of the molecule is C.CCOc1cc2c(cc1OC)C1Cc3c(n(CO)c4ccccc34)CN1CC2. The first-order valence-electron chi connectivity index (χ1n) is 10.0. The van der Waals surface area contributed by atoms with E-state index < -0.39 is 0 Å². The molecule has 0 fully saturated rings. The maximum absolute atomic E-state index is 10.00. The number of hydrogen-bond acceptors (Lipinski definition) is 4. The van der Waals surface area contributed by atoms with Gasteiger partial charge in [-0.25, -0.2) is 0 Å². The standard InChI is InChI=1S/C23H26N2O3.CH4/c1-3-28-23-10-15-8-9-24-13-21-18(11-20(24)17(15)12-22(23)27-2)16-6-4-5-7-19(16)25(21)14-26;/h4-7,10,12,20,26H,3,8-9,11,13-14H2,1-2H3;1H4. The van der Waals surface area contributed by atoms with Gasteiger partial charge < -0.3 is 19.1 Å². The summed E-state index contributed by atoms with van der Waals surface area (Å²) in [5.74, 6) is 1.65. The Morgan fingerprint density at radius 3 is 2.76 bits per heavy atom. The van der Waals surface area contributed by atoms with Crippen molar-refractivity contribution in [1.82, 2.24) is 9.47 Å². The summed E-state index contributed by atoms with van der Waals surface area (Å²) in [6.45, 7) is 4.54. The zero-order valence-electron chi connectivity index (χ0n) is 16.4. The number of fused-ring (bicyclic) bond motifs is 6. The highest BCUT2D eigenvalue weighted by molar-refractivity contribution is 5.86. The number of aliphatic hydroxyl groups is 1. The number of para-hydroxylation sites is 1. The van der Waals surface area contributed by atoms with Gasteiger partial charge in [-0.3, -0.25) is 4.90 Å². The molecular formula is C24H30N2O3. The second-order valence-electron chi connectivity index (χ2n) is 7.59. The predicted octanol–water partition coefficient (Wildman–Crippen LogP) is 4.29. The van der Waals surface area contributed by atoms with E-state index in [4.69, 9.17) is 9.47 Å². The third-order valence-electron chi connectivity index (χ3n) is 6.28. The smallest absolute Gasteiger partial charge is 0.161 e. The molecular weight excluding hydrogens is 364 g/mol. The molecule has 1 unspecified atom stereocenters. The van der Waals surface area contributed by atoms with Gasteiger partial charge in [0.2, 0.25) is 0 Å². The Morgan fingerprint density at radius 1 is 1.17 bits per heavy atom. The Kier molecular flexibility index (Phi) is 5.28. The van der Waals surface area contributed by atoms with Crippen molar-refractivity contribution < 1.29 is 14.6 Å². The molecule has 5 nitrogen and oxygen atoms in total. The van der Waals surface area contributed by atoms with Crippen LogP contribution in [0.25, 0.3) is 10.9 Å². The van der Waals surface area contributed by atoms with Gasteiger partial charge in [0.05, 0.1) is 19.2 Å². The van der Waals surface area contributed by atoms with E-state index in [2.05, 4.69) is 39.8 Å². The van der Waals surface area contributed by atoms with E-state index in [1.165, 1.54) is 27.8 Å². The van der Waals surface area contributed by atoms with Crippen molar-refractivity contribution in [3.05, 3.63) is 58.8 Å². The number of hydrogen-bond donors (Lipinski definition) is 1. The molecule has 3 aromatic rings. The maximum Gasteiger partial charge on any atom is 0.161 e. The summed E-state index contributed by atoms with van der Waals surface area (Å²) in [6.07, 6.45) is 1.96. The molecule has 1 N–H and O–H groups in total. The molecule has 0 bridgehead atoms. The Morgan fingerprint density at radius 2 is 2.00 bits per heavy atom. The molecule has 0 radical (unpaired) electrons. The summed E-state index contributed by atoms with van der Waals surface area (Å²) in [5.41, 5.74) is 6.45. The summed E-state index contributed by atoms with van der Waals surface area (Å²) < 4.78 is 13.5. The highest BCUT2D eigenvalue weighted by atomic mass is 16.5. The first-order chi connectivity index (χ1) is 13.7. The summed E-state index contributed by atoms with van der Waals surface area (Å²) in [6, 6.07) is 13.1. The minimum absolute atomic E-state index is 0. The quantitative estimate of drug-likeness (QED) is 0.717. The van der Waals surface area contributed by atoms with Crippen LogP contribution in [-0.2, 0) is 26.1 Å². The van der Waals surface area contributed by atoms with Crippen molar-refractivity contribution in [2.45, 2.75) is 46.5 Å². The van der Waals surface area contributed by atoms with Crippen LogP contribution in [0.5, 0.6) is 11.5 Å². The summed E-state index contributed by atoms with van der Waals surface area (Å²) in [4.78, 5) is 2.54. The molecule has 0 amide bonds. The number of nitrogens with zero attached hydrogens (tertiary/aromatic N) is 2. The summed E-state index contributed by atoms with van der Waals surface area (Å²) in [5, 5.41) is 11.3. The largest absolute Gasteiger partial charge is 0.493 e. The van der Waals surface area contributed by atoms with Crippen LogP contribution in [0.1, 0.15) is 42.8 Å². The van der Waals surface area contributed by atoms with Gasteiger partial charge in [0, 0.05) is 30.2 Å². The van der Waals surface area contributed by atoms with E-state index in [-0.39, 0.29) is 14.2 Å². The molecule has 3 heterocycles. The third kappa shape index (κ3) is 3.00. The minimum atomic E-state index is 0. The fourth-order valence-corrected chi connectivity index (χ4v) is 5.00. The topological polar surface area (TPSA) is 46.9 Å². The number of methoxy groups -OCH3 is 1. The lowest BCUT2D eigenvalue weighted by Gasteiger charge is -2.41. The van der Waals surface area contributed by atoms with Gasteiger partial charge in [-0.2, -0.15) is 0 Å². The molecule has 0 saturated carbocycles. The second-order valence-corrected chi connectivity index (χ2v) is 7.59. The van der Waals surface area contributed by atoms with Gasteiger partial charge in [-0.15, -0.1) is 0 Å². The number of ether oxygens (including phenoxy) is 2. The van der Waals surface area contributed by atoms with Crippen molar-refractivity contribution in [3.8, 4) is 11.5 Å². The van der Waals surface area contributed by atoms with Gasteiger partial charge >= 0.3 is 0 Å². The van der Waals surface area contributed by atoms with Crippen LogP contribution < -0.4 is 9.47 Å². The van der Waals surface area contributed by atoms with Crippen LogP contribution >= 0.6 is 0 Å². The molecule has 1 atom stereocenters. The molecule has 0 aliphatic carbocycles. The maximum atomic E-state index is 10.00. The Hall–Kier alpha value is -2.50. The van der Waals surface area contributed by atoms with Gasteiger partial charge in [-0.05, 0) is 54.7 Å². The Balaban J connectivity index is 0.00000205. The van der Waals surface area contributed by atoms with Crippen LogP contribution in [0.3, 0.4) is 0 Å². The number of aliphatic hydroxyl groups excluding tert-OH is 1. The van der Waals surface area contributed by atoms with E-state index in [1.54, 1.807) is 7.11 Å². The summed E-state index contributed by atoms with van der Waals surface area (Å²) >= 11 is 0. The first-order valence-corrected chi connectivity index (χ1v) is 10.0. The molecule has 2 aliphatic rings. The highest BCUT2D eigenvalue weighted by Crippen LogP contribution is 2.44. The third-order valence-corrected chi connectivity index (χ3v) is 6.28. The molecule has 1 aromatic heterocycles. The Bertz CT molecular complexity index is 1040. The fraction of sp³-hybridized carbons (Fsp3) is 0.417. The zero-order chi connectivity index (χ0) is 19.3. The van der Waals surface area contributed by atoms with Crippen molar-refractivity contribution in [2.75, 3.05) is 20.3 Å². The lowest BCUT2D eigenvalue weighted by Crippen LogP contribution is -2.39. The van der Waals surface area contributed by atoms with E-state index in [9.17, 15) is 5.11 Å². The number of aromatic nitrogens is 1. The normalized spacial score (nSPS) is 17.8. The van der Waals surface area contributed by atoms with E-state index in [0.29, 0.717) is 12.6 Å². The van der Waals surface area contributed by atoms with Gasteiger partial charge in [0.25, 0.3) is 0 Å². The van der Waals surface area contributed by atoms with Crippen molar-refractivity contribution in [2.24, 2.45) is 0 Å². The molecule has 154 valence electrons. The average molecular weight is 395 g/mol. The molecule has 5 heteroatoms. The van der Waals surface area contributed by atoms with Crippen LogP contribution in [0.2, 0.25) is 0 Å². The van der Waals surface area contributed by atoms with Crippen LogP contribution in [0.15, 0.2) is 36.4 Å². The van der Waals surface area contributed by atoms with E-state index in [0.717, 1.165) is 42.9 Å². The van der Waals surface area contributed by atoms with Gasteiger partial charge in [0.1, 0.15) is 6.73 Å². The first kappa shape index (κ1) is 19.8. The lowest BCUT2D eigenvalue weighted by atomic mass is 9.85. The molecule has 29 heavy (non-hydrogen) atoms. The average Bonchev–Trinajstić information content (AvgIpc) is 3.04. The zero-order valence-corrected chi connectivity index (χ0v) is 16.4. The molecule has 2 aromatic carbocycles. The molecule has 5 rings (SSSR count). The number of rotatable bonds is 4. The van der Waals surface area contributed by atoms with Gasteiger partial charge in [0.15, 0.2) is 11.5 Å². The lowest BCUT2D eigenvalue weighted by molar-refractivity contribution is 0.145. The monoisotopic (exact) mass is 394 g/mol. The molecule has 0 saturated heterocycles. The Labute approximate surface area is 172 Å². The molecule has 0 spiro atoms. The van der Waals surface area contributed by atoms with Crippen molar-refractivity contribution in [1.29, 1.82) is 0 Å². The minimum Gasteiger partial charge on any atom is -0.493 e. The fourth-order valence-electron chi connectivity index (χ4n) is 5.00.